The Morgan fingerprint density at radius 1 is 1.23 bits per heavy atom. The Labute approximate surface area is 132 Å². The van der Waals surface area contributed by atoms with Crippen molar-refractivity contribution < 1.29 is 0 Å². The second-order valence-electron chi connectivity index (χ2n) is 6.33. The van der Waals surface area contributed by atoms with Crippen LogP contribution in [0.2, 0.25) is 0 Å². The van der Waals surface area contributed by atoms with Crippen molar-refractivity contribution in [1.29, 1.82) is 0 Å². The van der Waals surface area contributed by atoms with E-state index in [1.165, 1.54) is 11.3 Å². The predicted octanol–water partition coefficient (Wildman–Crippen LogP) is 3.94. The zero-order chi connectivity index (χ0) is 15.5. The maximum Gasteiger partial charge on any atom is 0.224 e. The van der Waals surface area contributed by atoms with Gasteiger partial charge in [0, 0.05) is 30.5 Å². The lowest BCUT2D eigenvalue weighted by Gasteiger charge is -2.19. The fraction of sp³-hybridized carbons (Fsp3) is 0.444. The standard InChI is InChI=1S/C18H24N4/c1-13(2)8-10-19-18-20-14(3)12-17(21-18)22-11-9-15-6-4-5-7-16(15)22/h4-7,12-13H,8-11H2,1-3H3,(H,19,20,21). The highest BCUT2D eigenvalue weighted by molar-refractivity contribution is 5.68. The molecule has 0 unspecified atom stereocenters. The van der Waals surface area contributed by atoms with Gasteiger partial charge in [0.25, 0.3) is 0 Å². The molecule has 3 rings (SSSR count). The number of benzene rings is 1. The maximum atomic E-state index is 4.72. The third-order valence-electron chi connectivity index (χ3n) is 4.01. The van der Waals surface area contributed by atoms with Crippen LogP contribution in [0.4, 0.5) is 17.5 Å². The van der Waals surface area contributed by atoms with Crippen molar-refractivity contribution >= 4 is 17.5 Å². The van der Waals surface area contributed by atoms with Crippen molar-refractivity contribution in [2.75, 3.05) is 23.3 Å². The van der Waals surface area contributed by atoms with Gasteiger partial charge in [0.2, 0.25) is 5.95 Å². The lowest BCUT2D eigenvalue weighted by Crippen LogP contribution is -2.17. The second-order valence-corrected chi connectivity index (χ2v) is 6.33. The average molecular weight is 296 g/mol. The van der Waals surface area contributed by atoms with Gasteiger partial charge in [-0.15, -0.1) is 0 Å². The number of rotatable bonds is 5. The Kier molecular flexibility index (Phi) is 4.27. The molecule has 0 saturated carbocycles. The molecule has 1 aromatic carbocycles. The van der Waals surface area contributed by atoms with E-state index in [1.54, 1.807) is 0 Å². The van der Waals surface area contributed by atoms with Crippen LogP contribution in [-0.4, -0.2) is 23.1 Å². The van der Waals surface area contributed by atoms with Crippen molar-refractivity contribution in [3.63, 3.8) is 0 Å². The van der Waals surface area contributed by atoms with E-state index in [4.69, 9.17) is 4.98 Å². The van der Waals surface area contributed by atoms with Gasteiger partial charge in [-0.25, -0.2) is 4.98 Å². The third kappa shape index (κ3) is 3.21. The molecular formula is C18H24N4. The molecule has 2 heterocycles. The Balaban J connectivity index is 1.81. The summed E-state index contributed by atoms with van der Waals surface area (Å²) in [6.07, 6.45) is 2.20. The molecule has 0 atom stereocenters. The largest absolute Gasteiger partial charge is 0.354 e. The minimum Gasteiger partial charge on any atom is -0.354 e. The number of nitrogens with zero attached hydrogens (tertiary/aromatic N) is 3. The van der Waals surface area contributed by atoms with E-state index < -0.39 is 0 Å². The maximum absolute atomic E-state index is 4.72. The zero-order valence-corrected chi connectivity index (χ0v) is 13.6. The molecule has 4 nitrogen and oxygen atoms in total. The van der Waals surface area contributed by atoms with Crippen LogP contribution in [-0.2, 0) is 6.42 Å². The summed E-state index contributed by atoms with van der Waals surface area (Å²) in [5.41, 5.74) is 3.67. The van der Waals surface area contributed by atoms with Gasteiger partial charge in [0.1, 0.15) is 5.82 Å². The van der Waals surface area contributed by atoms with Crippen molar-refractivity contribution in [3.05, 3.63) is 41.6 Å². The molecule has 2 aromatic rings. The molecule has 1 N–H and O–H groups in total. The normalized spacial score (nSPS) is 13.5. The van der Waals surface area contributed by atoms with Gasteiger partial charge >= 0.3 is 0 Å². The summed E-state index contributed by atoms with van der Waals surface area (Å²) in [5, 5.41) is 3.36. The Hall–Kier alpha value is -2.10. The number of aromatic nitrogens is 2. The van der Waals surface area contributed by atoms with E-state index in [9.17, 15) is 0 Å². The van der Waals surface area contributed by atoms with Gasteiger partial charge in [-0.2, -0.15) is 4.98 Å². The Bertz CT molecular complexity index is 651. The van der Waals surface area contributed by atoms with Crippen LogP contribution in [0.15, 0.2) is 30.3 Å². The molecule has 0 amide bonds. The van der Waals surface area contributed by atoms with E-state index in [0.717, 1.165) is 43.4 Å². The molecule has 116 valence electrons. The molecule has 0 aliphatic carbocycles. The second kappa shape index (κ2) is 6.34. The number of fused-ring (bicyclic) bond motifs is 1. The molecule has 22 heavy (non-hydrogen) atoms. The van der Waals surface area contributed by atoms with Gasteiger partial charge in [-0.3, -0.25) is 0 Å². The smallest absolute Gasteiger partial charge is 0.224 e. The molecule has 1 aromatic heterocycles. The summed E-state index contributed by atoms with van der Waals surface area (Å²) in [6, 6.07) is 10.6. The average Bonchev–Trinajstić information content (AvgIpc) is 2.90. The molecule has 0 fully saturated rings. The quantitative estimate of drug-likeness (QED) is 0.907. The molecular weight excluding hydrogens is 272 g/mol. The highest BCUT2D eigenvalue weighted by Gasteiger charge is 2.21. The molecule has 0 radical (unpaired) electrons. The fourth-order valence-corrected chi connectivity index (χ4v) is 2.82. The SMILES string of the molecule is Cc1cc(N2CCc3ccccc32)nc(NCCC(C)C)n1. The summed E-state index contributed by atoms with van der Waals surface area (Å²) in [7, 11) is 0. The molecule has 1 aliphatic rings. The lowest BCUT2D eigenvalue weighted by molar-refractivity contribution is 0.606. The van der Waals surface area contributed by atoms with Crippen LogP contribution >= 0.6 is 0 Å². The van der Waals surface area contributed by atoms with E-state index in [0.29, 0.717) is 5.92 Å². The van der Waals surface area contributed by atoms with Crippen molar-refractivity contribution in [2.45, 2.75) is 33.6 Å². The number of hydrogen-bond acceptors (Lipinski definition) is 4. The fourth-order valence-electron chi connectivity index (χ4n) is 2.82. The lowest BCUT2D eigenvalue weighted by atomic mass is 10.1. The van der Waals surface area contributed by atoms with Crippen molar-refractivity contribution in [2.24, 2.45) is 5.92 Å². The van der Waals surface area contributed by atoms with Crippen molar-refractivity contribution in [1.82, 2.24) is 9.97 Å². The van der Waals surface area contributed by atoms with Gasteiger partial charge in [-0.05, 0) is 37.3 Å². The summed E-state index contributed by atoms with van der Waals surface area (Å²) in [6.45, 7) is 8.38. The molecule has 0 saturated heterocycles. The van der Waals surface area contributed by atoms with Crippen LogP contribution in [0.5, 0.6) is 0 Å². The van der Waals surface area contributed by atoms with Crippen LogP contribution in [0.3, 0.4) is 0 Å². The van der Waals surface area contributed by atoms with Gasteiger partial charge < -0.3 is 10.2 Å². The molecule has 0 bridgehead atoms. The Morgan fingerprint density at radius 2 is 2.05 bits per heavy atom. The zero-order valence-electron chi connectivity index (χ0n) is 13.6. The summed E-state index contributed by atoms with van der Waals surface area (Å²) < 4.78 is 0. The highest BCUT2D eigenvalue weighted by Crippen LogP contribution is 2.33. The molecule has 0 spiro atoms. The predicted molar refractivity (Wildman–Crippen MR) is 91.9 cm³/mol. The van der Waals surface area contributed by atoms with Gasteiger partial charge in [0.05, 0.1) is 0 Å². The minimum atomic E-state index is 0.683. The first-order valence-electron chi connectivity index (χ1n) is 8.08. The van der Waals surface area contributed by atoms with Crippen LogP contribution in [0.1, 0.15) is 31.5 Å². The van der Waals surface area contributed by atoms with E-state index in [-0.39, 0.29) is 0 Å². The highest BCUT2D eigenvalue weighted by atomic mass is 15.2. The number of para-hydroxylation sites is 1. The molecule has 4 heteroatoms. The number of nitrogens with one attached hydrogen (secondary N) is 1. The summed E-state index contributed by atoms with van der Waals surface area (Å²) >= 11 is 0. The topological polar surface area (TPSA) is 41.1 Å². The van der Waals surface area contributed by atoms with Crippen LogP contribution < -0.4 is 10.2 Å². The monoisotopic (exact) mass is 296 g/mol. The summed E-state index contributed by atoms with van der Waals surface area (Å²) in [4.78, 5) is 11.5. The van der Waals surface area contributed by atoms with Crippen LogP contribution in [0.25, 0.3) is 0 Å². The van der Waals surface area contributed by atoms with Gasteiger partial charge in [0.15, 0.2) is 0 Å². The van der Waals surface area contributed by atoms with Gasteiger partial charge in [-0.1, -0.05) is 32.0 Å². The number of hydrogen-bond donors (Lipinski definition) is 1. The first-order valence-corrected chi connectivity index (χ1v) is 8.08. The van der Waals surface area contributed by atoms with Crippen LogP contribution in [0, 0.1) is 12.8 Å². The van der Waals surface area contributed by atoms with E-state index >= 15 is 0 Å². The summed E-state index contributed by atoms with van der Waals surface area (Å²) in [5.74, 6) is 2.41. The molecule has 1 aliphatic heterocycles. The minimum absolute atomic E-state index is 0.683. The Morgan fingerprint density at radius 3 is 2.86 bits per heavy atom. The first kappa shape index (κ1) is 14.8. The third-order valence-corrected chi connectivity index (χ3v) is 4.01. The number of aryl methyl sites for hydroxylation is 1. The van der Waals surface area contributed by atoms with Crippen molar-refractivity contribution in [3.8, 4) is 0 Å². The van der Waals surface area contributed by atoms with E-state index in [2.05, 4.69) is 59.4 Å². The van der Waals surface area contributed by atoms with E-state index in [1.807, 2.05) is 6.92 Å². The number of anilines is 3. The first-order chi connectivity index (χ1) is 10.6.